The molecule has 0 N–H and O–H groups in total. The number of hydrogen-bond acceptors (Lipinski definition) is 9. The van der Waals surface area contributed by atoms with Crippen molar-refractivity contribution in [2.75, 3.05) is 18.8 Å². The van der Waals surface area contributed by atoms with Gasteiger partial charge in [-0.05, 0) is 151 Å². The van der Waals surface area contributed by atoms with Gasteiger partial charge in [-0.25, -0.2) is 16.8 Å². The molecule has 2 fully saturated rings. The van der Waals surface area contributed by atoms with E-state index in [1.54, 1.807) is 102 Å². The van der Waals surface area contributed by atoms with Crippen molar-refractivity contribution < 1.29 is 62.2 Å². The summed E-state index contributed by atoms with van der Waals surface area (Å²) in [7, 11) is -7.87. The molecule has 1 saturated heterocycles. The van der Waals surface area contributed by atoms with Gasteiger partial charge in [-0.1, -0.05) is 72.8 Å². The number of rotatable bonds is 15. The minimum atomic E-state index is -4.15. The van der Waals surface area contributed by atoms with Gasteiger partial charge in [-0.2, -0.15) is 26.3 Å². The van der Waals surface area contributed by atoms with Gasteiger partial charge < -0.3 is 14.4 Å². The molecule has 1 heterocycles. The standard InChI is InChI=1S/C29H36F3NO4S.C22H25F3O4S/c1-27(2,3)37-26(34)28(17-19-33(20-18-28)24-12-13-24)38(35,36)25-14-10-23(11-15-25)22-8-6-21(7-9-22)5-4-16-29(30,31)32;1-21(2,3)29-20(26)15-30(27,28)19-12-10-18(11-13-19)17-8-6-16(7-9-17)5-4-14-22(23,24)25/h6-11,14-15,24H,4-5,12-13,16-20H2,1-3H3;6-13H,4-5,14-15H2,1-3H3. The fourth-order valence-corrected chi connectivity index (χ4v) is 10.9. The fraction of sp³-hybridized carbons (Fsp3) is 0.490. The predicted molar refractivity (Wildman–Crippen MR) is 249 cm³/mol. The molecular weight excluding hydrogens is 933 g/mol. The second kappa shape index (κ2) is 21.5. The number of ether oxygens (including phenoxy) is 2. The van der Waals surface area contributed by atoms with Gasteiger partial charge in [0.1, 0.15) is 11.2 Å². The van der Waals surface area contributed by atoms with Crippen LogP contribution in [0.2, 0.25) is 0 Å². The number of aryl methyl sites for hydroxylation is 2. The summed E-state index contributed by atoms with van der Waals surface area (Å²) in [5, 5.41) is 0. The molecule has 0 spiro atoms. The predicted octanol–water partition coefficient (Wildman–Crippen LogP) is 11.7. The summed E-state index contributed by atoms with van der Waals surface area (Å²) in [4.78, 5) is 27.6. The van der Waals surface area contributed by atoms with Gasteiger partial charge in [0.2, 0.25) is 0 Å². The topological polar surface area (TPSA) is 124 Å². The highest BCUT2D eigenvalue weighted by Gasteiger charge is 2.56. The highest BCUT2D eigenvalue weighted by molar-refractivity contribution is 7.93. The molecule has 68 heavy (non-hydrogen) atoms. The number of hydrogen-bond donors (Lipinski definition) is 0. The first-order chi connectivity index (χ1) is 31.5. The summed E-state index contributed by atoms with van der Waals surface area (Å²) in [6.45, 7) is 11.3. The Balaban J connectivity index is 0.000000262. The molecule has 0 amide bonds. The maximum Gasteiger partial charge on any atom is 0.389 e. The summed E-state index contributed by atoms with van der Waals surface area (Å²) in [5.41, 5.74) is 3.21. The van der Waals surface area contributed by atoms with Gasteiger partial charge in [0.25, 0.3) is 0 Å². The lowest BCUT2D eigenvalue weighted by Crippen LogP contribution is -2.56. The van der Waals surface area contributed by atoms with Crippen LogP contribution in [0.1, 0.15) is 104 Å². The van der Waals surface area contributed by atoms with E-state index in [-0.39, 0.29) is 35.5 Å². The SMILES string of the molecule is CC(C)(C)OC(=O)C1(S(=O)(=O)c2ccc(-c3ccc(CCCC(F)(F)F)cc3)cc2)CCN(C2CC2)CC1.CC(C)(C)OC(=O)CS(=O)(=O)c1ccc(-c2ccc(CCCC(F)(F)F)cc2)cc1. The Morgan fingerprint density at radius 1 is 0.574 bits per heavy atom. The molecule has 2 aliphatic rings. The summed E-state index contributed by atoms with van der Waals surface area (Å²) in [6, 6.07) is 27.4. The van der Waals surface area contributed by atoms with Crippen LogP contribution in [-0.2, 0) is 51.6 Å². The first kappa shape index (κ1) is 54.2. The highest BCUT2D eigenvalue weighted by atomic mass is 32.2. The minimum Gasteiger partial charge on any atom is -0.459 e. The number of sulfone groups is 2. The maximum atomic E-state index is 14.0. The molecule has 0 bridgehead atoms. The number of carbonyl (C=O) groups is 2. The summed E-state index contributed by atoms with van der Waals surface area (Å²) in [5.74, 6) is -2.24. The van der Waals surface area contributed by atoms with Crippen molar-refractivity contribution in [2.24, 2.45) is 0 Å². The molecule has 0 unspecified atom stereocenters. The van der Waals surface area contributed by atoms with E-state index in [4.69, 9.17) is 9.47 Å². The number of nitrogens with zero attached hydrogens (tertiary/aromatic N) is 1. The molecule has 1 aliphatic carbocycles. The third-order valence-corrected chi connectivity index (χ3v) is 15.6. The van der Waals surface area contributed by atoms with Gasteiger partial charge in [0.15, 0.2) is 30.2 Å². The molecule has 4 aromatic carbocycles. The van der Waals surface area contributed by atoms with Crippen LogP contribution in [0.3, 0.4) is 0 Å². The molecule has 1 aliphatic heterocycles. The Kier molecular flexibility index (Phi) is 17.1. The number of benzene rings is 4. The first-order valence-corrected chi connectivity index (χ1v) is 25.8. The number of halogens is 6. The van der Waals surface area contributed by atoms with Crippen molar-refractivity contribution in [3.8, 4) is 22.3 Å². The van der Waals surface area contributed by atoms with E-state index in [2.05, 4.69) is 4.90 Å². The van der Waals surface area contributed by atoms with Crippen LogP contribution in [-0.4, -0.2) is 86.9 Å². The molecule has 0 atom stereocenters. The van der Waals surface area contributed by atoms with E-state index in [9.17, 15) is 52.8 Å². The van der Waals surface area contributed by atoms with Crippen LogP contribution >= 0.6 is 0 Å². The minimum absolute atomic E-state index is 0.0147. The van der Waals surface area contributed by atoms with Gasteiger partial charge in [0.05, 0.1) is 9.79 Å². The Labute approximate surface area is 396 Å². The molecule has 17 heteroatoms. The Hall–Kier alpha value is -4.74. The van der Waals surface area contributed by atoms with E-state index in [0.29, 0.717) is 32.0 Å². The average Bonchev–Trinajstić information content (AvgIpc) is 4.08. The van der Waals surface area contributed by atoms with E-state index in [0.717, 1.165) is 46.2 Å². The summed E-state index contributed by atoms with van der Waals surface area (Å²) < 4.78 is 136. The van der Waals surface area contributed by atoms with Gasteiger partial charge in [-0.3, -0.25) is 9.59 Å². The molecule has 6 rings (SSSR count). The number of carbonyl (C=O) groups excluding carboxylic acids is 2. The van der Waals surface area contributed by atoms with E-state index in [1.165, 1.54) is 24.3 Å². The van der Waals surface area contributed by atoms with Crippen LogP contribution < -0.4 is 0 Å². The first-order valence-electron chi connectivity index (χ1n) is 22.6. The van der Waals surface area contributed by atoms with Crippen molar-refractivity contribution in [3.05, 3.63) is 108 Å². The number of esters is 2. The number of likely N-dealkylation sites (tertiary alicyclic amines) is 1. The van der Waals surface area contributed by atoms with Gasteiger partial charge in [-0.15, -0.1) is 0 Å². The van der Waals surface area contributed by atoms with Crippen molar-refractivity contribution in [3.63, 3.8) is 0 Å². The average molecular weight is 994 g/mol. The van der Waals surface area contributed by atoms with Gasteiger partial charge in [0, 0.05) is 32.0 Å². The van der Waals surface area contributed by atoms with Crippen molar-refractivity contribution in [1.29, 1.82) is 0 Å². The zero-order chi connectivity index (χ0) is 50.3. The monoisotopic (exact) mass is 993 g/mol. The third-order valence-electron chi connectivity index (χ3n) is 11.5. The quantitative estimate of drug-likeness (QED) is 0.0846. The van der Waals surface area contributed by atoms with Crippen LogP contribution in [0, 0.1) is 0 Å². The zero-order valence-corrected chi connectivity index (χ0v) is 40.9. The van der Waals surface area contributed by atoms with Gasteiger partial charge >= 0.3 is 24.3 Å². The maximum absolute atomic E-state index is 14.0. The Bertz CT molecular complexity index is 2530. The largest absolute Gasteiger partial charge is 0.459 e. The molecular formula is C51H61F6NO8S2. The molecule has 0 radical (unpaired) electrons. The molecule has 0 aromatic heterocycles. The third kappa shape index (κ3) is 15.9. The Morgan fingerprint density at radius 3 is 1.29 bits per heavy atom. The molecule has 4 aromatic rings. The molecule has 9 nitrogen and oxygen atoms in total. The molecule has 1 saturated carbocycles. The van der Waals surface area contributed by atoms with E-state index >= 15 is 0 Å². The fourth-order valence-electron chi connectivity index (χ4n) is 7.87. The second-order valence-corrected chi connectivity index (χ2v) is 23.7. The van der Waals surface area contributed by atoms with Crippen LogP contribution in [0.5, 0.6) is 0 Å². The van der Waals surface area contributed by atoms with Crippen LogP contribution in [0.4, 0.5) is 26.3 Å². The summed E-state index contributed by atoms with van der Waals surface area (Å²) >= 11 is 0. The van der Waals surface area contributed by atoms with Crippen molar-refractivity contribution in [1.82, 2.24) is 4.90 Å². The van der Waals surface area contributed by atoms with Crippen LogP contribution in [0.15, 0.2) is 107 Å². The highest BCUT2D eigenvalue weighted by Crippen LogP contribution is 2.41. The lowest BCUT2D eigenvalue weighted by atomic mass is 9.95. The van der Waals surface area contributed by atoms with E-state index < -0.39 is 78.5 Å². The smallest absolute Gasteiger partial charge is 0.389 e. The molecule has 372 valence electrons. The summed E-state index contributed by atoms with van der Waals surface area (Å²) in [6.07, 6.45) is -6.57. The normalized spacial score (nSPS) is 16.1. The van der Waals surface area contributed by atoms with Crippen molar-refractivity contribution >= 4 is 31.6 Å². The Morgan fingerprint density at radius 2 is 0.941 bits per heavy atom. The van der Waals surface area contributed by atoms with Crippen molar-refractivity contribution in [2.45, 2.75) is 150 Å². The number of piperidine rings is 1. The number of alkyl halides is 6. The van der Waals surface area contributed by atoms with Crippen LogP contribution in [0.25, 0.3) is 22.3 Å². The zero-order valence-electron chi connectivity index (χ0n) is 39.3. The lowest BCUT2D eigenvalue weighted by Gasteiger charge is -2.40. The van der Waals surface area contributed by atoms with E-state index in [1.807, 2.05) is 12.1 Å². The lowest BCUT2D eigenvalue weighted by molar-refractivity contribution is -0.159. The second-order valence-electron chi connectivity index (χ2n) is 19.5.